The summed E-state index contributed by atoms with van der Waals surface area (Å²) in [4.78, 5) is 12.9. The number of carbonyl (C=O) groups is 1. The van der Waals surface area contributed by atoms with Gasteiger partial charge in [-0.25, -0.2) is 0 Å². The summed E-state index contributed by atoms with van der Waals surface area (Å²) in [5.41, 5.74) is 1.63. The lowest BCUT2D eigenvalue weighted by molar-refractivity contribution is -0.138. The second-order valence-electron chi connectivity index (χ2n) is 7.78. The lowest BCUT2D eigenvalue weighted by Crippen LogP contribution is -2.41. The highest BCUT2D eigenvalue weighted by molar-refractivity contribution is 9.10. The average Bonchev–Trinajstić information content (AvgIpc) is 2.96. The lowest BCUT2D eigenvalue weighted by atomic mass is 9.76. The molecule has 1 N–H and O–H groups in total. The van der Waals surface area contributed by atoms with Crippen molar-refractivity contribution in [3.05, 3.63) is 28.2 Å². The van der Waals surface area contributed by atoms with E-state index in [1.807, 2.05) is 18.2 Å². The Morgan fingerprint density at radius 3 is 2.84 bits per heavy atom. The van der Waals surface area contributed by atoms with Crippen molar-refractivity contribution in [1.82, 2.24) is 4.90 Å². The number of nitrogens with zero attached hydrogens (tertiary/aromatic N) is 1. The van der Waals surface area contributed by atoms with Crippen LogP contribution in [0.1, 0.15) is 44.1 Å². The molecular weight excluding hydrogens is 382 g/mol. The number of likely N-dealkylation sites (tertiary alicyclic amines) is 1. The zero-order valence-corrected chi connectivity index (χ0v) is 16.6. The van der Waals surface area contributed by atoms with E-state index < -0.39 is 5.97 Å². The molecule has 25 heavy (non-hydrogen) atoms. The van der Waals surface area contributed by atoms with Crippen molar-refractivity contribution >= 4 is 21.9 Å². The Bertz CT molecular complexity index is 611. The van der Waals surface area contributed by atoms with Crippen molar-refractivity contribution in [2.75, 3.05) is 26.2 Å². The Hall–Kier alpha value is -1.07. The van der Waals surface area contributed by atoms with E-state index in [-0.39, 0.29) is 6.54 Å². The number of aliphatic carboxylic acids is 1. The predicted octanol–water partition coefficient (Wildman–Crippen LogP) is 4.49. The highest BCUT2D eigenvalue weighted by Gasteiger charge is 2.41. The summed E-state index contributed by atoms with van der Waals surface area (Å²) in [7, 11) is 0. The molecule has 1 atom stereocenters. The minimum atomic E-state index is -0.708. The van der Waals surface area contributed by atoms with E-state index in [0.717, 1.165) is 60.7 Å². The Labute approximate surface area is 158 Å². The number of hydrogen-bond acceptors (Lipinski definition) is 3. The maximum Gasteiger partial charge on any atom is 0.317 e. The smallest absolute Gasteiger partial charge is 0.317 e. The van der Waals surface area contributed by atoms with Crippen molar-refractivity contribution < 1.29 is 14.6 Å². The maximum atomic E-state index is 10.9. The second kappa shape index (κ2) is 8.09. The highest BCUT2D eigenvalue weighted by Crippen LogP contribution is 2.49. The SMILES string of the molecule is Cc1c(Br)cccc1OCCC1CCC2(CCN(CC(=O)O)CC2)C1. The first-order valence-electron chi connectivity index (χ1n) is 9.29. The van der Waals surface area contributed by atoms with Gasteiger partial charge in [0.25, 0.3) is 0 Å². The van der Waals surface area contributed by atoms with Crippen molar-refractivity contribution in [2.45, 2.75) is 45.4 Å². The number of hydrogen-bond donors (Lipinski definition) is 1. The van der Waals surface area contributed by atoms with Crippen LogP contribution < -0.4 is 4.74 Å². The zero-order valence-electron chi connectivity index (χ0n) is 15.0. The monoisotopic (exact) mass is 409 g/mol. The maximum absolute atomic E-state index is 10.9. The minimum absolute atomic E-state index is 0.194. The van der Waals surface area contributed by atoms with E-state index in [1.165, 1.54) is 19.3 Å². The fraction of sp³-hybridized carbons (Fsp3) is 0.650. The number of benzene rings is 1. The van der Waals surface area contributed by atoms with Crippen LogP contribution in [0.2, 0.25) is 0 Å². The molecule has 4 nitrogen and oxygen atoms in total. The first-order chi connectivity index (χ1) is 12.0. The summed E-state index contributed by atoms with van der Waals surface area (Å²) in [5, 5.41) is 8.93. The quantitative estimate of drug-likeness (QED) is 0.751. The topological polar surface area (TPSA) is 49.8 Å². The summed E-state index contributed by atoms with van der Waals surface area (Å²) < 4.78 is 7.11. The molecule has 1 spiro atoms. The van der Waals surface area contributed by atoms with Gasteiger partial charge in [-0.05, 0) is 82.0 Å². The van der Waals surface area contributed by atoms with Crippen molar-refractivity contribution in [3.63, 3.8) is 0 Å². The number of ether oxygens (including phenoxy) is 1. The van der Waals surface area contributed by atoms with Gasteiger partial charge < -0.3 is 9.84 Å². The average molecular weight is 410 g/mol. The largest absolute Gasteiger partial charge is 0.493 e. The predicted molar refractivity (Wildman–Crippen MR) is 102 cm³/mol. The van der Waals surface area contributed by atoms with Gasteiger partial charge in [-0.15, -0.1) is 0 Å². The molecule has 1 aliphatic heterocycles. The van der Waals surface area contributed by atoms with E-state index in [1.54, 1.807) is 0 Å². The number of piperidine rings is 1. The van der Waals surface area contributed by atoms with Gasteiger partial charge in [-0.3, -0.25) is 9.69 Å². The van der Waals surface area contributed by atoms with Crippen LogP contribution >= 0.6 is 15.9 Å². The molecule has 1 aromatic carbocycles. The van der Waals surface area contributed by atoms with Gasteiger partial charge in [-0.2, -0.15) is 0 Å². The third-order valence-electron chi connectivity index (χ3n) is 6.08. The molecular formula is C20H28BrNO3. The first kappa shape index (κ1) is 18.7. The third-order valence-corrected chi connectivity index (χ3v) is 6.94. The van der Waals surface area contributed by atoms with Gasteiger partial charge in [0.05, 0.1) is 13.2 Å². The molecule has 2 fully saturated rings. The highest BCUT2D eigenvalue weighted by atomic mass is 79.9. The Morgan fingerprint density at radius 2 is 2.12 bits per heavy atom. The molecule has 1 saturated heterocycles. The molecule has 0 bridgehead atoms. The Balaban J connectivity index is 1.43. The number of carboxylic acids is 1. The normalized spacial score (nSPS) is 23.0. The Kier molecular flexibility index (Phi) is 6.05. The summed E-state index contributed by atoms with van der Waals surface area (Å²) in [5.74, 6) is 1.02. The molecule has 1 saturated carbocycles. The minimum Gasteiger partial charge on any atom is -0.493 e. The third kappa shape index (κ3) is 4.76. The number of halogens is 1. The van der Waals surface area contributed by atoms with E-state index in [2.05, 4.69) is 27.8 Å². The second-order valence-corrected chi connectivity index (χ2v) is 8.63. The van der Waals surface area contributed by atoms with Gasteiger partial charge in [0, 0.05) is 10.0 Å². The Morgan fingerprint density at radius 1 is 1.36 bits per heavy atom. The lowest BCUT2D eigenvalue weighted by Gasteiger charge is -2.39. The summed E-state index contributed by atoms with van der Waals surface area (Å²) >= 11 is 3.55. The van der Waals surface area contributed by atoms with Gasteiger partial charge in [0.1, 0.15) is 5.75 Å². The fourth-order valence-corrected chi connectivity index (χ4v) is 4.83. The molecule has 5 heteroatoms. The molecule has 1 unspecified atom stereocenters. The van der Waals surface area contributed by atoms with Crippen molar-refractivity contribution in [3.8, 4) is 5.75 Å². The van der Waals surface area contributed by atoms with Crippen LogP contribution in [0.3, 0.4) is 0 Å². The van der Waals surface area contributed by atoms with Gasteiger partial charge >= 0.3 is 5.97 Å². The van der Waals surface area contributed by atoms with Crippen LogP contribution in [0, 0.1) is 18.3 Å². The molecule has 138 valence electrons. The molecule has 3 rings (SSSR count). The molecule has 0 radical (unpaired) electrons. The molecule has 2 aliphatic rings. The first-order valence-corrected chi connectivity index (χ1v) is 10.1. The van der Waals surface area contributed by atoms with Gasteiger partial charge in [0.2, 0.25) is 0 Å². The molecule has 1 heterocycles. The van der Waals surface area contributed by atoms with Crippen LogP contribution in [-0.2, 0) is 4.79 Å². The van der Waals surface area contributed by atoms with Crippen LogP contribution in [0.4, 0.5) is 0 Å². The van der Waals surface area contributed by atoms with E-state index in [0.29, 0.717) is 5.41 Å². The summed E-state index contributed by atoms with van der Waals surface area (Å²) in [6.07, 6.45) is 7.31. The zero-order chi connectivity index (χ0) is 17.9. The van der Waals surface area contributed by atoms with E-state index >= 15 is 0 Å². The number of carboxylic acid groups (broad SMARTS) is 1. The van der Waals surface area contributed by atoms with Gasteiger partial charge in [0.15, 0.2) is 0 Å². The van der Waals surface area contributed by atoms with Crippen LogP contribution in [0.5, 0.6) is 5.75 Å². The fourth-order valence-electron chi connectivity index (χ4n) is 4.48. The van der Waals surface area contributed by atoms with Crippen LogP contribution in [0.15, 0.2) is 22.7 Å². The van der Waals surface area contributed by atoms with E-state index in [9.17, 15) is 4.79 Å². The standard InChI is InChI=1S/C20H28BrNO3/c1-15-17(21)3-2-4-18(15)25-12-6-16-5-7-20(13-16)8-10-22(11-9-20)14-19(23)24/h2-4,16H,5-14H2,1H3,(H,23,24). The van der Waals surface area contributed by atoms with Crippen molar-refractivity contribution in [1.29, 1.82) is 0 Å². The molecule has 0 amide bonds. The van der Waals surface area contributed by atoms with Gasteiger partial charge in [-0.1, -0.05) is 22.0 Å². The van der Waals surface area contributed by atoms with Crippen LogP contribution in [-0.4, -0.2) is 42.2 Å². The number of rotatable bonds is 6. The molecule has 0 aromatic heterocycles. The molecule has 1 aromatic rings. The molecule has 1 aliphatic carbocycles. The summed E-state index contributed by atoms with van der Waals surface area (Å²) in [6.45, 7) is 4.93. The van der Waals surface area contributed by atoms with E-state index in [4.69, 9.17) is 9.84 Å². The van der Waals surface area contributed by atoms with Crippen LogP contribution in [0.25, 0.3) is 0 Å². The summed E-state index contributed by atoms with van der Waals surface area (Å²) in [6, 6.07) is 6.09. The van der Waals surface area contributed by atoms with Crippen molar-refractivity contribution in [2.24, 2.45) is 11.3 Å².